The molecule has 1 aliphatic carbocycles. The number of nitrogens with zero attached hydrogens (tertiary/aromatic N) is 3. The average molecular weight is 599 g/mol. The first-order valence-corrected chi connectivity index (χ1v) is 14.7. The first-order chi connectivity index (χ1) is 19.4. The van der Waals surface area contributed by atoms with Crippen molar-refractivity contribution in [2.75, 3.05) is 27.1 Å². The van der Waals surface area contributed by atoms with Crippen molar-refractivity contribution in [1.82, 2.24) is 15.0 Å². The number of methoxy groups -OCH3 is 3. The van der Waals surface area contributed by atoms with Gasteiger partial charge in [0.25, 0.3) is 11.5 Å². The molecule has 4 aromatic rings. The van der Waals surface area contributed by atoms with Crippen LogP contribution < -0.4 is 25.2 Å². The third kappa shape index (κ3) is 5.67. The first kappa shape index (κ1) is 28.0. The van der Waals surface area contributed by atoms with Crippen molar-refractivity contribution in [3.8, 4) is 22.9 Å². The van der Waals surface area contributed by atoms with Crippen molar-refractivity contribution in [1.29, 1.82) is 0 Å². The molecule has 0 atom stereocenters. The third-order valence-corrected chi connectivity index (χ3v) is 8.89. The number of hydrazone groups is 1. The molecule has 2 aromatic carbocycles. The molecule has 1 N–H and O–H groups in total. The lowest BCUT2D eigenvalue weighted by atomic mass is 9.97. The molecule has 12 heteroatoms. The number of ether oxygens (including phenoxy) is 3. The van der Waals surface area contributed by atoms with Crippen molar-refractivity contribution < 1.29 is 19.0 Å². The Balaban J connectivity index is 1.40. The summed E-state index contributed by atoms with van der Waals surface area (Å²) in [5.74, 6) is 1.15. The highest BCUT2D eigenvalue weighted by atomic mass is 35.5. The van der Waals surface area contributed by atoms with E-state index in [2.05, 4.69) is 10.5 Å². The van der Waals surface area contributed by atoms with Crippen molar-refractivity contribution in [2.45, 2.75) is 30.8 Å². The topological polar surface area (TPSA) is 104 Å². The SMILES string of the molecule is COc1cc(OC)c(C=NNC(=O)CSc2nc3sc4c(c3c(=O)n2-c2ccc(Cl)cc2)CCCC4)c(OC)c1. The number of hydrogen-bond donors (Lipinski definition) is 1. The van der Waals surface area contributed by atoms with Crippen molar-refractivity contribution in [3.63, 3.8) is 0 Å². The molecule has 0 fully saturated rings. The second kappa shape index (κ2) is 12.3. The largest absolute Gasteiger partial charge is 0.496 e. The molecule has 0 radical (unpaired) electrons. The lowest BCUT2D eigenvalue weighted by Gasteiger charge is -2.13. The van der Waals surface area contributed by atoms with E-state index in [-0.39, 0.29) is 17.2 Å². The van der Waals surface area contributed by atoms with E-state index in [0.29, 0.717) is 48.9 Å². The minimum absolute atomic E-state index is 0.00908. The van der Waals surface area contributed by atoms with Gasteiger partial charge in [-0.2, -0.15) is 5.10 Å². The van der Waals surface area contributed by atoms with Gasteiger partial charge in [0.05, 0.1) is 49.9 Å². The molecular formula is C28H27ClN4O5S2. The molecule has 0 bridgehead atoms. The highest BCUT2D eigenvalue weighted by Gasteiger charge is 2.23. The number of benzene rings is 2. The summed E-state index contributed by atoms with van der Waals surface area (Å²) in [6, 6.07) is 10.4. The van der Waals surface area contributed by atoms with Crippen LogP contribution in [-0.4, -0.2) is 48.8 Å². The zero-order valence-electron chi connectivity index (χ0n) is 22.2. The minimum atomic E-state index is -0.366. The van der Waals surface area contributed by atoms with E-state index in [1.54, 1.807) is 59.4 Å². The number of aryl methyl sites for hydroxylation is 2. The Morgan fingerprint density at radius 3 is 2.50 bits per heavy atom. The second-order valence-corrected chi connectivity index (χ2v) is 11.4. The summed E-state index contributed by atoms with van der Waals surface area (Å²) in [4.78, 5) is 33.4. The maximum atomic E-state index is 13.8. The number of thioether (sulfide) groups is 1. The van der Waals surface area contributed by atoms with Gasteiger partial charge in [0.2, 0.25) is 0 Å². The zero-order chi connectivity index (χ0) is 28.2. The molecule has 40 heavy (non-hydrogen) atoms. The zero-order valence-corrected chi connectivity index (χ0v) is 24.5. The molecule has 2 heterocycles. The smallest absolute Gasteiger partial charge is 0.267 e. The summed E-state index contributed by atoms with van der Waals surface area (Å²) in [7, 11) is 4.59. The standard InChI is InChI=1S/C28H27ClN4O5S2/c1-36-18-12-21(37-2)20(22(13-18)38-3)14-30-32-24(34)15-39-28-31-26-25(19-6-4-5-7-23(19)40-26)27(35)33(28)17-10-8-16(29)9-11-17/h8-14H,4-7,15H2,1-3H3,(H,32,34). The van der Waals surface area contributed by atoms with Gasteiger partial charge in [0.15, 0.2) is 5.16 Å². The summed E-state index contributed by atoms with van der Waals surface area (Å²) in [6.45, 7) is 0. The van der Waals surface area contributed by atoms with Gasteiger partial charge < -0.3 is 14.2 Å². The van der Waals surface area contributed by atoms with Crippen LogP contribution in [0.25, 0.3) is 15.9 Å². The number of carbonyl (C=O) groups excluding carboxylic acids is 1. The van der Waals surface area contributed by atoms with Gasteiger partial charge in [0, 0.05) is 22.0 Å². The molecule has 0 aliphatic heterocycles. The van der Waals surface area contributed by atoms with Crippen LogP contribution in [0, 0.1) is 0 Å². The Bertz CT molecular complexity index is 1620. The predicted octanol–water partition coefficient (Wildman–Crippen LogP) is 5.25. The number of amides is 1. The molecule has 208 valence electrons. The van der Waals surface area contributed by atoms with Gasteiger partial charge in [0.1, 0.15) is 22.1 Å². The number of carbonyl (C=O) groups is 1. The van der Waals surface area contributed by atoms with Gasteiger partial charge in [-0.25, -0.2) is 10.4 Å². The first-order valence-electron chi connectivity index (χ1n) is 12.5. The van der Waals surface area contributed by atoms with Crippen LogP contribution in [-0.2, 0) is 17.6 Å². The van der Waals surface area contributed by atoms with Crippen LogP contribution in [0.2, 0.25) is 5.02 Å². The van der Waals surface area contributed by atoms with Crippen molar-refractivity contribution in [3.05, 3.63) is 67.8 Å². The van der Waals surface area contributed by atoms with E-state index in [1.165, 1.54) is 37.1 Å². The number of nitrogens with one attached hydrogen (secondary N) is 1. The highest BCUT2D eigenvalue weighted by Crippen LogP contribution is 2.35. The van der Waals surface area contributed by atoms with Gasteiger partial charge >= 0.3 is 0 Å². The van der Waals surface area contributed by atoms with Gasteiger partial charge in [-0.15, -0.1) is 11.3 Å². The summed E-state index contributed by atoms with van der Waals surface area (Å²) in [6.07, 6.45) is 5.46. The van der Waals surface area contributed by atoms with Crippen molar-refractivity contribution >= 4 is 57.0 Å². The average Bonchev–Trinajstić information content (AvgIpc) is 3.35. The molecule has 0 unspecified atom stereocenters. The molecular weight excluding hydrogens is 572 g/mol. The molecule has 0 saturated heterocycles. The Labute approximate surface area is 244 Å². The number of hydrogen-bond acceptors (Lipinski definition) is 9. The molecule has 2 aromatic heterocycles. The van der Waals surface area contributed by atoms with Crippen LogP contribution in [0.4, 0.5) is 0 Å². The fraction of sp³-hybridized carbons (Fsp3) is 0.286. The van der Waals surface area contributed by atoms with Crippen LogP contribution in [0.15, 0.2) is 51.5 Å². The van der Waals surface area contributed by atoms with Gasteiger partial charge in [-0.05, 0) is 55.5 Å². The lowest BCUT2D eigenvalue weighted by Crippen LogP contribution is -2.24. The second-order valence-electron chi connectivity index (χ2n) is 8.93. The van der Waals surface area contributed by atoms with E-state index >= 15 is 0 Å². The van der Waals surface area contributed by atoms with Gasteiger partial charge in [-0.3, -0.25) is 14.2 Å². The normalized spacial score (nSPS) is 12.9. The minimum Gasteiger partial charge on any atom is -0.496 e. The summed E-state index contributed by atoms with van der Waals surface area (Å²) >= 11 is 8.85. The van der Waals surface area contributed by atoms with Crippen LogP contribution in [0.3, 0.4) is 0 Å². The number of thiophene rings is 1. The van der Waals surface area contributed by atoms with E-state index in [0.717, 1.165) is 31.2 Å². The van der Waals surface area contributed by atoms with E-state index in [1.807, 2.05) is 0 Å². The quantitative estimate of drug-likeness (QED) is 0.121. The third-order valence-electron chi connectivity index (χ3n) is 6.51. The maximum Gasteiger partial charge on any atom is 0.267 e. The lowest BCUT2D eigenvalue weighted by molar-refractivity contribution is -0.118. The van der Waals surface area contributed by atoms with Crippen LogP contribution >= 0.6 is 34.7 Å². The Morgan fingerprint density at radius 1 is 1.12 bits per heavy atom. The Morgan fingerprint density at radius 2 is 1.82 bits per heavy atom. The molecule has 1 aliphatic rings. The number of halogens is 1. The maximum absolute atomic E-state index is 13.8. The number of rotatable bonds is 9. The molecule has 0 saturated carbocycles. The summed E-state index contributed by atoms with van der Waals surface area (Å²) < 4.78 is 17.7. The van der Waals surface area contributed by atoms with Crippen LogP contribution in [0.1, 0.15) is 28.8 Å². The van der Waals surface area contributed by atoms with Gasteiger partial charge in [-0.1, -0.05) is 23.4 Å². The number of fused-ring (bicyclic) bond motifs is 3. The summed E-state index contributed by atoms with van der Waals surface area (Å²) in [5.41, 5.74) is 4.69. The monoisotopic (exact) mass is 598 g/mol. The molecule has 0 spiro atoms. The van der Waals surface area contributed by atoms with E-state index < -0.39 is 0 Å². The molecule has 1 amide bonds. The fourth-order valence-electron chi connectivity index (χ4n) is 4.59. The molecule has 5 rings (SSSR count). The van der Waals surface area contributed by atoms with Crippen molar-refractivity contribution in [2.24, 2.45) is 5.10 Å². The molecule has 9 nitrogen and oxygen atoms in total. The number of aromatic nitrogens is 2. The predicted molar refractivity (Wildman–Crippen MR) is 159 cm³/mol. The van der Waals surface area contributed by atoms with E-state index in [9.17, 15) is 9.59 Å². The van der Waals surface area contributed by atoms with E-state index in [4.69, 9.17) is 30.8 Å². The Kier molecular flexibility index (Phi) is 8.63. The van der Waals surface area contributed by atoms with Crippen LogP contribution in [0.5, 0.6) is 17.2 Å². The fourth-order valence-corrected chi connectivity index (χ4v) is 6.83. The summed E-state index contributed by atoms with van der Waals surface area (Å²) in [5, 5.41) is 5.76. The Hall–Kier alpha value is -3.54. The highest BCUT2D eigenvalue weighted by molar-refractivity contribution is 7.99.